The first-order valence-electron chi connectivity index (χ1n) is 10.5. The molecule has 2 aromatic heterocycles. The van der Waals surface area contributed by atoms with Gasteiger partial charge in [-0.15, -0.1) is 0 Å². The normalized spacial score (nSPS) is 18.4. The van der Waals surface area contributed by atoms with Crippen molar-refractivity contribution in [2.75, 3.05) is 11.9 Å². The van der Waals surface area contributed by atoms with E-state index in [-0.39, 0.29) is 24.3 Å². The Morgan fingerprint density at radius 2 is 2.12 bits per heavy atom. The van der Waals surface area contributed by atoms with E-state index in [0.717, 1.165) is 22.9 Å². The molecule has 2 heterocycles. The minimum Gasteiger partial charge on any atom is -0.382 e. The van der Waals surface area contributed by atoms with Gasteiger partial charge in [0.2, 0.25) is 5.78 Å². The van der Waals surface area contributed by atoms with E-state index in [1.54, 1.807) is 29.2 Å². The third-order valence-electron chi connectivity index (χ3n) is 5.54. The molecule has 0 spiro atoms. The predicted octanol–water partition coefficient (Wildman–Crippen LogP) is 3.12. The first-order chi connectivity index (χ1) is 15.8. The van der Waals surface area contributed by atoms with Gasteiger partial charge in [-0.25, -0.2) is 5.14 Å². The van der Waals surface area contributed by atoms with Crippen LogP contribution < -0.4 is 10.5 Å². The lowest BCUT2D eigenvalue weighted by atomic mass is 10.1. The number of halogens is 1. The average molecular weight is 534 g/mol. The molecule has 11 heteroatoms. The van der Waals surface area contributed by atoms with Gasteiger partial charge in [0.1, 0.15) is 5.69 Å². The number of hydrogen-bond donors (Lipinski definition) is 2. The molecule has 0 amide bonds. The molecule has 0 saturated heterocycles. The summed E-state index contributed by atoms with van der Waals surface area (Å²) >= 11 is 3.46. The van der Waals surface area contributed by atoms with Crippen LogP contribution in [0.2, 0.25) is 0 Å². The predicted molar refractivity (Wildman–Crippen MR) is 127 cm³/mol. The maximum atomic E-state index is 13.2. The Balaban J connectivity index is 1.42. The molecule has 1 aromatic carbocycles. The van der Waals surface area contributed by atoms with Gasteiger partial charge in [0, 0.05) is 34.8 Å². The standard InChI is InChI=1S/C22H24BrN5O4S/c23-17-3-1-2-15(10-17)13-28-9-7-21(27-28)22(29)19-12-25-8-6-20(19)26-18-5-4-16(11-18)14-32-33(24,30)31/h1-3,6-10,12,16,18H,4-5,11,13-14H2,(H,25,26)(H2,24,30,31)/t16-,18+/m1/s1. The number of hydrogen-bond acceptors (Lipinski definition) is 7. The number of nitrogens with zero attached hydrogens (tertiary/aromatic N) is 3. The fourth-order valence-electron chi connectivity index (χ4n) is 4.00. The molecule has 3 N–H and O–H groups in total. The van der Waals surface area contributed by atoms with E-state index in [4.69, 9.17) is 9.32 Å². The first kappa shape index (κ1) is 23.6. The average Bonchev–Trinajstić information content (AvgIpc) is 3.41. The SMILES string of the molecule is NS(=O)(=O)OC[C@@H]1CC[C@H](Nc2ccncc2C(=O)c2ccn(Cc3cccc(Br)c3)n2)C1. The molecule has 1 saturated carbocycles. The first-order valence-corrected chi connectivity index (χ1v) is 12.7. The zero-order chi connectivity index (χ0) is 23.4. The van der Waals surface area contributed by atoms with Crippen molar-refractivity contribution in [3.8, 4) is 0 Å². The molecular formula is C22H24BrN5O4S. The summed E-state index contributed by atoms with van der Waals surface area (Å²) in [6.07, 6.45) is 7.30. The Bertz CT molecular complexity index is 1250. The molecule has 3 aromatic rings. The van der Waals surface area contributed by atoms with E-state index < -0.39 is 10.3 Å². The molecule has 174 valence electrons. The molecule has 2 atom stereocenters. The van der Waals surface area contributed by atoms with Crippen molar-refractivity contribution in [3.05, 3.63) is 76.3 Å². The number of pyridine rings is 1. The Morgan fingerprint density at radius 3 is 2.91 bits per heavy atom. The number of nitrogens with one attached hydrogen (secondary N) is 1. The molecule has 1 aliphatic rings. The number of aromatic nitrogens is 3. The summed E-state index contributed by atoms with van der Waals surface area (Å²) in [5.41, 5.74) is 2.52. The quantitative estimate of drug-likeness (QED) is 0.404. The highest BCUT2D eigenvalue weighted by atomic mass is 79.9. The number of anilines is 1. The van der Waals surface area contributed by atoms with E-state index in [2.05, 4.69) is 31.3 Å². The van der Waals surface area contributed by atoms with Crippen LogP contribution in [0.5, 0.6) is 0 Å². The van der Waals surface area contributed by atoms with Gasteiger partial charge in [0.25, 0.3) is 0 Å². The highest BCUT2D eigenvalue weighted by Crippen LogP contribution is 2.30. The highest BCUT2D eigenvalue weighted by Gasteiger charge is 2.27. The van der Waals surface area contributed by atoms with E-state index >= 15 is 0 Å². The van der Waals surface area contributed by atoms with Crippen LogP contribution in [-0.2, 0) is 21.0 Å². The lowest BCUT2D eigenvalue weighted by Gasteiger charge is -2.16. The maximum Gasteiger partial charge on any atom is 0.333 e. The van der Waals surface area contributed by atoms with E-state index in [1.807, 2.05) is 24.3 Å². The monoisotopic (exact) mass is 533 g/mol. The lowest BCUT2D eigenvalue weighted by Crippen LogP contribution is -2.21. The summed E-state index contributed by atoms with van der Waals surface area (Å²) in [5, 5.41) is 12.8. The van der Waals surface area contributed by atoms with E-state index in [9.17, 15) is 13.2 Å². The van der Waals surface area contributed by atoms with Gasteiger partial charge in [-0.2, -0.15) is 13.5 Å². The Morgan fingerprint density at radius 1 is 1.27 bits per heavy atom. The largest absolute Gasteiger partial charge is 0.382 e. The van der Waals surface area contributed by atoms with Gasteiger partial charge in [-0.3, -0.25) is 18.6 Å². The summed E-state index contributed by atoms with van der Waals surface area (Å²) in [6, 6.07) is 11.5. The van der Waals surface area contributed by atoms with Crippen LogP contribution in [0.4, 0.5) is 5.69 Å². The van der Waals surface area contributed by atoms with Crippen LogP contribution >= 0.6 is 15.9 Å². The van der Waals surface area contributed by atoms with E-state index in [0.29, 0.717) is 29.9 Å². The molecule has 9 nitrogen and oxygen atoms in total. The lowest BCUT2D eigenvalue weighted by molar-refractivity contribution is 0.103. The van der Waals surface area contributed by atoms with Gasteiger partial charge in [-0.05, 0) is 55.0 Å². The second-order valence-corrected chi connectivity index (χ2v) is 10.2. The summed E-state index contributed by atoms with van der Waals surface area (Å²) in [4.78, 5) is 17.3. The summed E-state index contributed by atoms with van der Waals surface area (Å²) in [5.74, 6) is -0.138. The minimum atomic E-state index is -3.94. The van der Waals surface area contributed by atoms with Gasteiger partial charge in [-0.1, -0.05) is 28.1 Å². The molecule has 1 aliphatic carbocycles. The fourth-order valence-corrected chi connectivity index (χ4v) is 4.83. The molecule has 0 bridgehead atoms. The number of carbonyl (C=O) groups excluding carboxylic acids is 1. The molecule has 4 rings (SSSR count). The highest BCUT2D eigenvalue weighted by molar-refractivity contribution is 9.10. The van der Waals surface area contributed by atoms with Gasteiger partial charge >= 0.3 is 10.3 Å². The summed E-state index contributed by atoms with van der Waals surface area (Å²) in [7, 11) is -3.94. The van der Waals surface area contributed by atoms with Crippen molar-refractivity contribution < 1.29 is 17.4 Å². The molecular weight excluding hydrogens is 510 g/mol. The fraction of sp³-hybridized carbons (Fsp3) is 0.318. The molecule has 0 unspecified atom stereocenters. The van der Waals surface area contributed by atoms with Crippen LogP contribution in [0, 0.1) is 5.92 Å². The van der Waals surface area contributed by atoms with Gasteiger partial charge in [0.15, 0.2) is 0 Å². The number of carbonyl (C=O) groups is 1. The van der Waals surface area contributed by atoms with Crippen LogP contribution in [-0.4, -0.2) is 41.6 Å². The van der Waals surface area contributed by atoms with Crippen molar-refractivity contribution in [3.63, 3.8) is 0 Å². The molecule has 0 aliphatic heterocycles. The third kappa shape index (κ3) is 6.47. The smallest absolute Gasteiger partial charge is 0.333 e. The van der Waals surface area contributed by atoms with Gasteiger partial charge < -0.3 is 5.32 Å². The van der Waals surface area contributed by atoms with Crippen LogP contribution in [0.25, 0.3) is 0 Å². The number of rotatable bonds is 9. The zero-order valence-corrected chi connectivity index (χ0v) is 20.1. The van der Waals surface area contributed by atoms with E-state index in [1.165, 1.54) is 6.20 Å². The van der Waals surface area contributed by atoms with Crippen molar-refractivity contribution in [2.24, 2.45) is 11.1 Å². The topological polar surface area (TPSA) is 129 Å². The summed E-state index contributed by atoms with van der Waals surface area (Å²) < 4.78 is 29.5. The van der Waals surface area contributed by atoms with Crippen molar-refractivity contribution in [2.45, 2.75) is 31.8 Å². The summed E-state index contributed by atoms with van der Waals surface area (Å²) in [6.45, 7) is 0.615. The zero-order valence-electron chi connectivity index (χ0n) is 17.7. The molecule has 1 fully saturated rings. The number of ketones is 1. The Labute approximate surface area is 200 Å². The van der Waals surface area contributed by atoms with Crippen LogP contribution in [0.15, 0.2) is 59.5 Å². The third-order valence-corrected chi connectivity index (χ3v) is 6.50. The Hall–Kier alpha value is -2.60. The number of nitrogens with two attached hydrogens (primary N) is 1. The van der Waals surface area contributed by atoms with Crippen molar-refractivity contribution in [1.82, 2.24) is 14.8 Å². The second kappa shape index (κ2) is 10.1. The molecule has 33 heavy (non-hydrogen) atoms. The number of benzene rings is 1. The second-order valence-electron chi connectivity index (χ2n) is 8.08. The van der Waals surface area contributed by atoms with Crippen LogP contribution in [0.3, 0.4) is 0 Å². The van der Waals surface area contributed by atoms with Crippen LogP contribution in [0.1, 0.15) is 40.9 Å². The van der Waals surface area contributed by atoms with Crippen molar-refractivity contribution in [1.29, 1.82) is 0 Å². The maximum absolute atomic E-state index is 13.2. The van der Waals surface area contributed by atoms with Gasteiger partial charge in [0.05, 0.1) is 18.7 Å². The molecule has 0 radical (unpaired) electrons. The minimum absolute atomic E-state index is 0.0641. The Kier molecular flexibility index (Phi) is 7.23. The van der Waals surface area contributed by atoms with Crippen molar-refractivity contribution >= 4 is 37.7 Å².